The third kappa shape index (κ3) is 4.11. The maximum atomic E-state index is 12.9. The molecule has 0 aliphatic heterocycles. The molecule has 0 unspecified atom stereocenters. The number of carbonyl (C=O) groups excluding carboxylic acids is 1. The molecule has 0 radical (unpaired) electrons. The van der Waals surface area contributed by atoms with E-state index in [1.807, 2.05) is 0 Å². The zero-order valence-corrected chi connectivity index (χ0v) is 11.7. The number of amides is 1. The molecular formula is C14H10Cl2FNO2. The minimum absolute atomic E-state index is 0.0550. The Balaban J connectivity index is 1.88. The second-order valence-electron chi connectivity index (χ2n) is 3.92. The number of carbonyl (C=O) groups is 1. The van der Waals surface area contributed by atoms with Gasteiger partial charge in [0, 0.05) is 16.8 Å². The van der Waals surface area contributed by atoms with Crippen LogP contribution >= 0.6 is 23.2 Å². The molecule has 2 rings (SSSR count). The van der Waals surface area contributed by atoms with Crippen LogP contribution < -0.4 is 10.1 Å². The number of ether oxygens (including phenoxy) is 1. The number of rotatable bonds is 4. The first-order valence-electron chi connectivity index (χ1n) is 5.68. The van der Waals surface area contributed by atoms with Gasteiger partial charge in [-0.05, 0) is 36.4 Å². The van der Waals surface area contributed by atoms with Gasteiger partial charge < -0.3 is 10.1 Å². The first kappa shape index (κ1) is 14.6. The van der Waals surface area contributed by atoms with Crippen LogP contribution in [0, 0.1) is 5.82 Å². The molecule has 0 saturated heterocycles. The standard InChI is InChI=1S/C14H10Cl2FNO2/c15-9-1-3-10(4-2-9)18-14(19)8-20-11-5-6-13(17)12(16)7-11/h1-7H,8H2,(H,18,19). The number of nitrogens with one attached hydrogen (secondary N) is 1. The average Bonchev–Trinajstić information content (AvgIpc) is 2.43. The summed E-state index contributed by atoms with van der Waals surface area (Å²) in [5.74, 6) is -0.556. The Morgan fingerprint density at radius 3 is 2.50 bits per heavy atom. The normalized spacial score (nSPS) is 10.2. The lowest BCUT2D eigenvalue weighted by Gasteiger charge is -2.08. The zero-order chi connectivity index (χ0) is 14.5. The minimum atomic E-state index is -0.537. The van der Waals surface area contributed by atoms with Gasteiger partial charge in [-0.2, -0.15) is 0 Å². The number of hydrogen-bond donors (Lipinski definition) is 1. The fraction of sp³-hybridized carbons (Fsp3) is 0.0714. The van der Waals surface area contributed by atoms with E-state index in [0.29, 0.717) is 16.5 Å². The molecule has 0 aromatic heterocycles. The smallest absolute Gasteiger partial charge is 0.262 e. The first-order chi connectivity index (χ1) is 9.54. The number of hydrogen-bond acceptors (Lipinski definition) is 2. The molecule has 0 saturated carbocycles. The highest BCUT2D eigenvalue weighted by Crippen LogP contribution is 2.21. The maximum absolute atomic E-state index is 12.9. The lowest BCUT2D eigenvalue weighted by Crippen LogP contribution is -2.20. The van der Waals surface area contributed by atoms with Crippen molar-refractivity contribution in [2.45, 2.75) is 0 Å². The van der Waals surface area contributed by atoms with Gasteiger partial charge in [-0.1, -0.05) is 23.2 Å². The third-order valence-corrected chi connectivity index (χ3v) is 2.93. The summed E-state index contributed by atoms with van der Waals surface area (Å²) in [5, 5.41) is 3.16. The third-order valence-electron chi connectivity index (χ3n) is 2.39. The van der Waals surface area contributed by atoms with Crippen molar-refractivity contribution in [2.24, 2.45) is 0 Å². The van der Waals surface area contributed by atoms with E-state index in [2.05, 4.69) is 5.32 Å². The van der Waals surface area contributed by atoms with E-state index in [1.165, 1.54) is 18.2 Å². The van der Waals surface area contributed by atoms with E-state index >= 15 is 0 Å². The van der Waals surface area contributed by atoms with E-state index in [4.69, 9.17) is 27.9 Å². The van der Waals surface area contributed by atoms with Crippen molar-refractivity contribution in [3.8, 4) is 5.75 Å². The molecule has 0 aliphatic carbocycles. The largest absolute Gasteiger partial charge is 0.484 e. The van der Waals surface area contributed by atoms with Crippen molar-refractivity contribution < 1.29 is 13.9 Å². The van der Waals surface area contributed by atoms with Crippen molar-refractivity contribution in [3.63, 3.8) is 0 Å². The number of benzene rings is 2. The highest BCUT2D eigenvalue weighted by atomic mass is 35.5. The minimum Gasteiger partial charge on any atom is -0.484 e. The Bertz CT molecular complexity index is 617. The summed E-state index contributed by atoms with van der Waals surface area (Å²) in [6.07, 6.45) is 0. The second kappa shape index (κ2) is 6.59. The molecular weight excluding hydrogens is 304 g/mol. The van der Waals surface area contributed by atoms with Crippen molar-refractivity contribution in [2.75, 3.05) is 11.9 Å². The SMILES string of the molecule is O=C(COc1ccc(F)c(Cl)c1)Nc1ccc(Cl)cc1. The lowest BCUT2D eigenvalue weighted by atomic mass is 10.3. The molecule has 0 spiro atoms. The highest BCUT2D eigenvalue weighted by molar-refractivity contribution is 6.31. The van der Waals surface area contributed by atoms with Crippen LogP contribution in [0.5, 0.6) is 5.75 Å². The highest BCUT2D eigenvalue weighted by Gasteiger charge is 2.06. The summed E-state index contributed by atoms with van der Waals surface area (Å²) in [7, 11) is 0. The molecule has 104 valence electrons. The van der Waals surface area contributed by atoms with Gasteiger partial charge in [0.25, 0.3) is 5.91 Å². The molecule has 1 amide bonds. The van der Waals surface area contributed by atoms with Crippen LogP contribution in [0.4, 0.5) is 10.1 Å². The van der Waals surface area contributed by atoms with E-state index in [9.17, 15) is 9.18 Å². The zero-order valence-electron chi connectivity index (χ0n) is 10.2. The van der Waals surface area contributed by atoms with Crippen LogP contribution in [0.25, 0.3) is 0 Å². The van der Waals surface area contributed by atoms with Gasteiger partial charge in [-0.3, -0.25) is 4.79 Å². The number of anilines is 1. The first-order valence-corrected chi connectivity index (χ1v) is 6.43. The topological polar surface area (TPSA) is 38.3 Å². The molecule has 2 aromatic rings. The summed E-state index contributed by atoms with van der Waals surface area (Å²) >= 11 is 11.3. The monoisotopic (exact) mass is 313 g/mol. The predicted octanol–water partition coefficient (Wildman–Crippen LogP) is 4.15. The van der Waals surface area contributed by atoms with Crippen LogP contribution in [0.2, 0.25) is 10.0 Å². The van der Waals surface area contributed by atoms with Crippen LogP contribution in [0.3, 0.4) is 0 Å². The van der Waals surface area contributed by atoms with E-state index in [-0.39, 0.29) is 17.5 Å². The second-order valence-corrected chi connectivity index (χ2v) is 4.76. The fourth-order valence-corrected chi connectivity index (χ4v) is 1.74. The Morgan fingerprint density at radius 2 is 1.85 bits per heavy atom. The van der Waals surface area contributed by atoms with Crippen molar-refractivity contribution in [1.82, 2.24) is 0 Å². The Labute approximate surface area is 125 Å². The Morgan fingerprint density at radius 1 is 1.15 bits per heavy atom. The average molecular weight is 314 g/mol. The fourth-order valence-electron chi connectivity index (χ4n) is 1.45. The van der Waals surface area contributed by atoms with Crippen molar-refractivity contribution in [1.29, 1.82) is 0 Å². The summed E-state index contributed by atoms with van der Waals surface area (Å²) in [5.41, 5.74) is 0.611. The summed E-state index contributed by atoms with van der Waals surface area (Å²) in [4.78, 5) is 11.6. The van der Waals surface area contributed by atoms with Gasteiger partial charge in [-0.15, -0.1) is 0 Å². The molecule has 0 aliphatic rings. The van der Waals surface area contributed by atoms with E-state index in [0.717, 1.165) is 0 Å². The molecule has 6 heteroatoms. The number of halogens is 3. The maximum Gasteiger partial charge on any atom is 0.262 e. The molecule has 0 bridgehead atoms. The van der Waals surface area contributed by atoms with Gasteiger partial charge in [-0.25, -0.2) is 4.39 Å². The van der Waals surface area contributed by atoms with Gasteiger partial charge in [0.2, 0.25) is 0 Å². The van der Waals surface area contributed by atoms with Crippen LogP contribution in [0.15, 0.2) is 42.5 Å². The van der Waals surface area contributed by atoms with Gasteiger partial charge in [0.1, 0.15) is 11.6 Å². The summed E-state index contributed by atoms with van der Waals surface area (Å²) < 4.78 is 18.2. The molecule has 2 aromatic carbocycles. The molecule has 0 fully saturated rings. The van der Waals surface area contributed by atoms with E-state index in [1.54, 1.807) is 24.3 Å². The molecule has 3 nitrogen and oxygen atoms in total. The summed E-state index contributed by atoms with van der Waals surface area (Å²) in [6.45, 7) is -0.204. The van der Waals surface area contributed by atoms with Gasteiger partial charge >= 0.3 is 0 Å². The quantitative estimate of drug-likeness (QED) is 0.920. The molecule has 0 heterocycles. The van der Waals surface area contributed by atoms with Crippen LogP contribution in [-0.4, -0.2) is 12.5 Å². The van der Waals surface area contributed by atoms with Gasteiger partial charge in [0.05, 0.1) is 5.02 Å². The van der Waals surface area contributed by atoms with Crippen LogP contribution in [0.1, 0.15) is 0 Å². The lowest BCUT2D eigenvalue weighted by molar-refractivity contribution is -0.118. The molecule has 0 atom stereocenters. The van der Waals surface area contributed by atoms with Gasteiger partial charge in [0.15, 0.2) is 6.61 Å². The Kier molecular flexibility index (Phi) is 4.82. The predicted molar refractivity (Wildman–Crippen MR) is 77.0 cm³/mol. The molecule has 20 heavy (non-hydrogen) atoms. The summed E-state index contributed by atoms with van der Waals surface area (Å²) in [6, 6.07) is 10.6. The van der Waals surface area contributed by atoms with E-state index < -0.39 is 5.82 Å². The Hall–Kier alpha value is -1.78. The van der Waals surface area contributed by atoms with Crippen molar-refractivity contribution >= 4 is 34.8 Å². The molecule has 1 N–H and O–H groups in total. The van der Waals surface area contributed by atoms with Crippen molar-refractivity contribution in [3.05, 3.63) is 58.3 Å². The van der Waals surface area contributed by atoms with Crippen LogP contribution in [-0.2, 0) is 4.79 Å².